The van der Waals surface area contributed by atoms with Crippen LogP contribution in [0.3, 0.4) is 0 Å². The Morgan fingerprint density at radius 1 is 1.00 bits per heavy atom. The molecule has 1 saturated carbocycles. The zero-order valence-corrected chi connectivity index (χ0v) is 9.69. The second kappa shape index (κ2) is 4.93. The molecule has 1 aliphatic carbocycles. The number of hydrogen-bond acceptors (Lipinski definition) is 2. The van der Waals surface area contributed by atoms with Gasteiger partial charge in [-0.05, 0) is 12.8 Å². The van der Waals surface area contributed by atoms with Crippen molar-refractivity contribution in [2.45, 2.75) is 49.7 Å². The van der Waals surface area contributed by atoms with Crippen molar-refractivity contribution in [3.63, 3.8) is 0 Å². The maximum Gasteiger partial charge on any atom is 0.463 e. The number of hydrogen-bond donors (Lipinski definition) is 2. The third kappa shape index (κ3) is 2.95. The molecule has 1 amide bonds. The molecule has 4 nitrogen and oxygen atoms in total. The summed E-state index contributed by atoms with van der Waals surface area (Å²) in [7, 11) is 0. The Morgan fingerprint density at radius 2 is 1.47 bits per heavy atom. The van der Waals surface area contributed by atoms with Crippen molar-refractivity contribution in [2.75, 3.05) is 0 Å². The Labute approximate surface area is 105 Å². The van der Waals surface area contributed by atoms with Crippen LogP contribution in [0.2, 0.25) is 0 Å². The van der Waals surface area contributed by atoms with Gasteiger partial charge in [-0.25, -0.2) is 4.79 Å². The predicted octanol–water partition coefficient (Wildman–Crippen LogP) is 2.09. The van der Waals surface area contributed by atoms with Gasteiger partial charge in [0, 0.05) is 0 Å². The van der Waals surface area contributed by atoms with E-state index in [-0.39, 0.29) is 12.8 Å². The first-order chi connectivity index (χ1) is 8.53. The lowest BCUT2D eigenvalue weighted by Gasteiger charge is -2.35. The van der Waals surface area contributed by atoms with Crippen LogP contribution in [0.5, 0.6) is 0 Å². The average molecular weight is 289 g/mol. The van der Waals surface area contributed by atoms with Crippen molar-refractivity contribution in [3.8, 4) is 0 Å². The van der Waals surface area contributed by atoms with E-state index in [0.717, 1.165) is 0 Å². The van der Waals surface area contributed by atoms with Gasteiger partial charge in [-0.15, -0.1) is 0 Å². The van der Waals surface area contributed by atoms with E-state index >= 15 is 0 Å². The first-order valence-corrected chi connectivity index (χ1v) is 5.53. The van der Waals surface area contributed by atoms with E-state index in [2.05, 4.69) is 0 Å². The molecule has 0 heterocycles. The standard InChI is InChI=1S/C10H12F5NO3/c11-9(12,10(13,14)15)6(17)16-8(7(18)19)4-2-1-3-5-8/h1-5H2,(H,16,17)(H,18,19). The first-order valence-electron chi connectivity index (χ1n) is 5.53. The minimum Gasteiger partial charge on any atom is -0.480 e. The van der Waals surface area contributed by atoms with Crippen LogP contribution in [0, 0.1) is 0 Å². The van der Waals surface area contributed by atoms with Crippen LogP contribution in [-0.2, 0) is 9.59 Å². The van der Waals surface area contributed by atoms with Crippen molar-refractivity contribution < 1.29 is 36.6 Å². The molecule has 0 atom stereocenters. The van der Waals surface area contributed by atoms with Crippen molar-refractivity contribution >= 4 is 11.9 Å². The maximum atomic E-state index is 12.8. The molecule has 0 bridgehead atoms. The summed E-state index contributed by atoms with van der Waals surface area (Å²) in [6.07, 6.45) is -5.07. The third-order valence-electron chi connectivity index (χ3n) is 3.11. The fourth-order valence-corrected chi connectivity index (χ4v) is 1.97. The molecule has 9 heteroatoms. The number of carbonyl (C=O) groups is 2. The van der Waals surface area contributed by atoms with Gasteiger partial charge in [0.2, 0.25) is 0 Å². The molecule has 0 aliphatic heterocycles. The molecule has 0 saturated heterocycles. The Hall–Kier alpha value is -1.41. The molecule has 0 spiro atoms. The second-order valence-electron chi connectivity index (χ2n) is 4.47. The van der Waals surface area contributed by atoms with Crippen LogP contribution in [0.1, 0.15) is 32.1 Å². The van der Waals surface area contributed by atoms with Crippen molar-refractivity contribution in [1.29, 1.82) is 0 Å². The summed E-state index contributed by atoms with van der Waals surface area (Å²) in [6.45, 7) is 0. The van der Waals surface area contributed by atoms with E-state index in [0.29, 0.717) is 19.3 Å². The SMILES string of the molecule is O=C(O)C1(NC(=O)C(F)(F)C(F)(F)F)CCCCC1. The summed E-state index contributed by atoms with van der Waals surface area (Å²) in [5.74, 6) is -9.82. The molecular formula is C10H12F5NO3. The first kappa shape index (κ1) is 15.6. The lowest BCUT2D eigenvalue weighted by Crippen LogP contribution is -2.61. The number of aliphatic carboxylic acids is 1. The van der Waals surface area contributed by atoms with Gasteiger partial charge in [0.05, 0.1) is 0 Å². The minimum absolute atomic E-state index is 0.165. The normalized spacial score (nSPS) is 19.8. The zero-order chi connectivity index (χ0) is 14.9. The number of carbonyl (C=O) groups excluding carboxylic acids is 1. The number of halogens is 5. The van der Waals surface area contributed by atoms with Gasteiger partial charge in [-0.3, -0.25) is 4.79 Å². The van der Waals surface area contributed by atoms with Crippen LogP contribution >= 0.6 is 0 Å². The van der Waals surface area contributed by atoms with E-state index in [1.807, 2.05) is 0 Å². The molecule has 1 rings (SSSR count). The van der Waals surface area contributed by atoms with Crippen LogP contribution in [-0.4, -0.2) is 34.6 Å². The van der Waals surface area contributed by atoms with E-state index in [4.69, 9.17) is 5.11 Å². The van der Waals surface area contributed by atoms with E-state index in [1.165, 1.54) is 5.32 Å². The molecule has 0 aromatic carbocycles. The van der Waals surface area contributed by atoms with E-state index in [1.54, 1.807) is 0 Å². The highest BCUT2D eigenvalue weighted by Crippen LogP contribution is 2.37. The summed E-state index contributed by atoms with van der Waals surface area (Å²) in [4.78, 5) is 22.1. The van der Waals surface area contributed by atoms with Gasteiger partial charge < -0.3 is 10.4 Å². The van der Waals surface area contributed by atoms with Crippen LogP contribution in [0.25, 0.3) is 0 Å². The largest absolute Gasteiger partial charge is 0.480 e. The highest BCUT2D eigenvalue weighted by Gasteiger charge is 2.64. The number of alkyl halides is 5. The molecule has 1 fully saturated rings. The lowest BCUT2D eigenvalue weighted by molar-refractivity contribution is -0.270. The number of nitrogens with one attached hydrogen (secondary N) is 1. The number of amides is 1. The summed E-state index contributed by atoms with van der Waals surface area (Å²) >= 11 is 0. The van der Waals surface area contributed by atoms with Gasteiger partial charge >= 0.3 is 24.0 Å². The van der Waals surface area contributed by atoms with Gasteiger partial charge in [0.25, 0.3) is 0 Å². The summed E-state index contributed by atoms with van der Waals surface area (Å²) < 4.78 is 61.6. The summed E-state index contributed by atoms with van der Waals surface area (Å²) in [6, 6.07) is 0. The quantitative estimate of drug-likeness (QED) is 0.782. The van der Waals surface area contributed by atoms with Crippen molar-refractivity contribution in [1.82, 2.24) is 5.32 Å². The van der Waals surface area contributed by atoms with Crippen LogP contribution in [0.15, 0.2) is 0 Å². The molecule has 2 N–H and O–H groups in total. The Bertz CT molecular complexity index is 374. The second-order valence-corrected chi connectivity index (χ2v) is 4.47. The molecule has 110 valence electrons. The lowest BCUT2D eigenvalue weighted by atomic mass is 9.81. The maximum absolute atomic E-state index is 12.8. The monoisotopic (exact) mass is 289 g/mol. The van der Waals surface area contributed by atoms with E-state index in [9.17, 15) is 31.5 Å². The highest BCUT2D eigenvalue weighted by atomic mass is 19.4. The minimum atomic E-state index is -6.05. The third-order valence-corrected chi connectivity index (χ3v) is 3.11. The molecule has 0 aromatic rings. The molecule has 19 heavy (non-hydrogen) atoms. The van der Waals surface area contributed by atoms with Gasteiger partial charge in [-0.1, -0.05) is 19.3 Å². The van der Waals surface area contributed by atoms with E-state index < -0.39 is 29.5 Å². The highest BCUT2D eigenvalue weighted by molar-refractivity contribution is 5.91. The molecule has 0 radical (unpaired) electrons. The average Bonchev–Trinajstić information content (AvgIpc) is 2.28. The molecule has 0 unspecified atom stereocenters. The van der Waals surface area contributed by atoms with Crippen LogP contribution in [0.4, 0.5) is 22.0 Å². The molecule has 0 aromatic heterocycles. The Balaban J connectivity index is 2.92. The van der Waals surface area contributed by atoms with Gasteiger partial charge in [0.15, 0.2) is 0 Å². The smallest absolute Gasteiger partial charge is 0.463 e. The number of rotatable bonds is 3. The Kier molecular flexibility index (Phi) is 4.06. The van der Waals surface area contributed by atoms with Gasteiger partial charge in [-0.2, -0.15) is 22.0 Å². The van der Waals surface area contributed by atoms with Crippen molar-refractivity contribution in [3.05, 3.63) is 0 Å². The molecular weight excluding hydrogens is 277 g/mol. The fraction of sp³-hybridized carbons (Fsp3) is 0.800. The topological polar surface area (TPSA) is 66.4 Å². The van der Waals surface area contributed by atoms with Crippen LogP contribution < -0.4 is 5.32 Å². The Morgan fingerprint density at radius 3 is 1.84 bits per heavy atom. The predicted molar refractivity (Wildman–Crippen MR) is 52.6 cm³/mol. The number of carboxylic acids is 1. The summed E-state index contributed by atoms with van der Waals surface area (Å²) in [5, 5.41) is 10.3. The number of carboxylic acid groups (broad SMARTS) is 1. The molecule has 1 aliphatic rings. The van der Waals surface area contributed by atoms with Gasteiger partial charge in [0.1, 0.15) is 5.54 Å². The van der Waals surface area contributed by atoms with Crippen molar-refractivity contribution in [2.24, 2.45) is 0 Å². The fourth-order valence-electron chi connectivity index (χ4n) is 1.97. The zero-order valence-electron chi connectivity index (χ0n) is 9.69. The summed E-state index contributed by atoms with van der Waals surface area (Å²) in [5.41, 5.74) is -2.04.